The number of nitrogens with zero attached hydrogens (tertiary/aromatic N) is 1. The topological polar surface area (TPSA) is 55.8 Å². The Labute approximate surface area is 184 Å². The van der Waals surface area contributed by atoms with Crippen molar-refractivity contribution in [1.29, 1.82) is 0 Å². The number of rotatable bonds is 6. The Kier molecular flexibility index (Phi) is 6.87. The van der Waals surface area contributed by atoms with Gasteiger partial charge in [0.1, 0.15) is 5.82 Å². The summed E-state index contributed by atoms with van der Waals surface area (Å²) < 4.78 is 24.8. The van der Waals surface area contributed by atoms with Crippen LogP contribution in [0.3, 0.4) is 0 Å². The summed E-state index contributed by atoms with van der Waals surface area (Å²) >= 11 is 10.3. The van der Waals surface area contributed by atoms with E-state index in [9.17, 15) is 14.0 Å². The van der Waals surface area contributed by atoms with Crippen LogP contribution in [-0.2, 0) is 11.3 Å². The van der Waals surface area contributed by atoms with E-state index in [1.165, 1.54) is 19.2 Å². The van der Waals surface area contributed by atoms with Crippen LogP contribution in [0, 0.1) is 5.82 Å². The number of hydrogen-bond acceptors (Lipinski definition) is 5. The summed E-state index contributed by atoms with van der Waals surface area (Å²) in [6.45, 7) is 2.31. The molecule has 0 aliphatic carbocycles. The van der Waals surface area contributed by atoms with Crippen molar-refractivity contribution in [3.63, 3.8) is 0 Å². The lowest BCUT2D eigenvalue weighted by Crippen LogP contribution is -2.27. The van der Waals surface area contributed by atoms with Crippen LogP contribution in [-0.4, -0.2) is 29.8 Å². The van der Waals surface area contributed by atoms with E-state index < -0.39 is 17.0 Å². The summed E-state index contributed by atoms with van der Waals surface area (Å²) in [6, 6.07) is 7.34. The van der Waals surface area contributed by atoms with Gasteiger partial charge in [0, 0.05) is 5.02 Å². The molecule has 1 heterocycles. The van der Waals surface area contributed by atoms with Gasteiger partial charge in [0.2, 0.25) is 0 Å². The van der Waals surface area contributed by atoms with Gasteiger partial charge in [0.05, 0.1) is 29.6 Å². The second-order valence-electron chi connectivity index (χ2n) is 5.97. The van der Waals surface area contributed by atoms with Crippen LogP contribution in [0.2, 0.25) is 5.02 Å². The Balaban J connectivity index is 1.87. The van der Waals surface area contributed by atoms with Gasteiger partial charge < -0.3 is 9.47 Å². The van der Waals surface area contributed by atoms with Crippen LogP contribution in [0.5, 0.6) is 11.5 Å². The van der Waals surface area contributed by atoms with Gasteiger partial charge in [-0.05, 0) is 76.1 Å². The van der Waals surface area contributed by atoms with Gasteiger partial charge in [-0.1, -0.05) is 17.7 Å². The van der Waals surface area contributed by atoms with E-state index in [0.29, 0.717) is 33.7 Å². The molecule has 1 aliphatic rings. The first kappa shape index (κ1) is 21.7. The highest BCUT2D eigenvalue weighted by atomic mass is 79.9. The zero-order valence-corrected chi connectivity index (χ0v) is 18.7. The van der Waals surface area contributed by atoms with Crippen LogP contribution in [0.1, 0.15) is 18.1 Å². The second-order valence-corrected chi connectivity index (χ2v) is 8.23. The highest BCUT2D eigenvalue weighted by Gasteiger charge is 2.35. The maximum Gasteiger partial charge on any atom is 0.293 e. The number of methoxy groups -OCH3 is 1. The molecule has 9 heteroatoms. The molecular weight excluding hydrogens is 485 g/mol. The SMILES string of the molecule is CCOc1c(Br)cc(/C=C2\SC(=O)N(Cc3ccc(F)cc3Cl)C2=O)cc1OC. The molecule has 1 aliphatic heterocycles. The Morgan fingerprint density at radius 1 is 1.28 bits per heavy atom. The van der Waals surface area contributed by atoms with Gasteiger partial charge in [0.15, 0.2) is 11.5 Å². The molecule has 0 saturated carbocycles. The van der Waals surface area contributed by atoms with Gasteiger partial charge >= 0.3 is 0 Å². The zero-order valence-electron chi connectivity index (χ0n) is 15.5. The van der Waals surface area contributed by atoms with Crippen molar-refractivity contribution in [2.24, 2.45) is 0 Å². The first-order chi connectivity index (χ1) is 13.8. The van der Waals surface area contributed by atoms with E-state index in [4.69, 9.17) is 21.1 Å². The van der Waals surface area contributed by atoms with Crippen LogP contribution in [0.15, 0.2) is 39.7 Å². The van der Waals surface area contributed by atoms with E-state index in [-0.39, 0.29) is 16.5 Å². The largest absolute Gasteiger partial charge is 0.493 e. The summed E-state index contributed by atoms with van der Waals surface area (Å²) in [7, 11) is 1.52. The van der Waals surface area contributed by atoms with Gasteiger partial charge in [0.25, 0.3) is 11.1 Å². The number of thioether (sulfide) groups is 1. The van der Waals surface area contributed by atoms with Gasteiger partial charge in [-0.2, -0.15) is 0 Å². The fourth-order valence-electron chi connectivity index (χ4n) is 2.72. The third-order valence-corrected chi connectivity index (χ3v) is 5.90. The maximum atomic E-state index is 13.2. The van der Waals surface area contributed by atoms with Crippen molar-refractivity contribution >= 4 is 56.5 Å². The Bertz CT molecular complexity index is 1010. The van der Waals surface area contributed by atoms with E-state index in [0.717, 1.165) is 22.7 Å². The first-order valence-electron chi connectivity index (χ1n) is 8.53. The number of carbonyl (C=O) groups is 2. The molecule has 0 aromatic heterocycles. The standard InChI is InChI=1S/C20H16BrClFNO4S/c1-3-28-18-14(21)6-11(7-16(18)27-2)8-17-19(25)24(20(26)29-17)10-12-4-5-13(23)9-15(12)22/h4-9H,3,10H2,1-2H3/b17-8-. The molecule has 2 aromatic rings. The Morgan fingerprint density at radius 2 is 2.03 bits per heavy atom. The van der Waals surface area contributed by atoms with Crippen LogP contribution < -0.4 is 9.47 Å². The van der Waals surface area contributed by atoms with Crippen molar-refractivity contribution in [3.8, 4) is 11.5 Å². The van der Waals surface area contributed by atoms with Crippen molar-refractivity contribution in [2.45, 2.75) is 13.5 Å². The summed E-state index contributed by atoms with van der Waals surface area (Å²) in [6.07, 6.45) is 1.61. The fourth-order valence-corrected chi connectivity index (χ4v) is 4.35. The molecule has 0 bridgehead atoms. The van der Waals surface area contributed by atoms with Crippen molar-refractivity contribution in [2.75, 3.05) is 13.7 Å². The lowest BCUT2D eigenvalue weighted by molar-refractivity contribution is -0.123. The normalized spacial score (nSPS) is 15.3. The second kappa shape index (κ2) is 9.19. The fraction of sp³-hybridized carbons (Fsp3) is 0.200. The van der Waals surface area contributed by atoms with E-state index >= 15 is 0 Å². The molecule has 0 atom stereocenters. The average Bonchev–Trinajstić information content (AvgIpc) is 2.93. The molecule has 0 spiro atoms. The van der Waals surface area contributed by atoms with E-state index in [2.05, 4.69) is 15.9 Å². The van der Waals surface area contributed by atoms with Crippen LogP contribution >= 0.6 is 39.3 Å². The summed E-state index contributed by atoms with van der Waals surface area (Å²) in [4.78, 5) is 26.4. The van der Waals surface area contributed by atoms with Crippen molar-refractivity contribution in [1.82, 2.24) is 4.90 Å². The highest BCUT2D eigenvalue weighted by Crippen LogP contribution is 2.39. The third-order valence-electron chi connectivity index (χ3n) is 4.06. The summed E-state index contributed by atoms with van der Waals surface area (Å²) in [5.74, 6) is 0.142. The smallest absolute Gasteiger partial charge is 0.293 e. The Hall–Kier alpha value is -2.03. The monoisotopic (exact) mass is 499 g/mol. The number of ether oxygens (including phenoxy) is 2. The first-order valence-corrected chi connectivity index (χ1v) is 10.5. The number of hydrogen-bond donors (Lipinski definition) is 0. The van der Waals surface area contributed by atoms with Crippen molar-refractivity contribution < 1.29 is 23.5 Å². The molecule has 1 saturated heterocycles. The van der Waals surface area contributed by atoms with Crippen LogP contribution in [0.25, 0.3) is 6.08 Å². The van der Waals surface area contributed by atoms with Gasteiger partial charge in [-0.15, -0.1) is 0 Å². The molecule has 0 unspecified atom stereocenters. The molecular formula is C20H16BrClFNO4S. The molecule has 1 fully saturated rings. The molecule has 0 radical (unpaired) electrons. The Morgan fingerprint density at radius 3 is 2.69 bits per heavy atom. The van der Waals surface area contributed by atoms with Gasteiger partial charge in [-0.25, -0.2) is 4.39 Å². The van der Waals surface area contributed by atoms with E-state index in [1.54, 1.807) is 18.2 Å². The average molecular weight is 501 g/mol. The number of benzene rings is 2. The maximum absolute atomic E-state index is 13.2. The predicted octanol–water partition coefficient (Wildman–Crippen LogP) is 5.89. The number of amides is 2. The zero-order chi connectivity index (χ0) is 21.1. The molecule has 3 rings (SSSR count). The summed E-state index contributed by atoms with van der Waals surface area (Å²) in [5.41, 5.74) is 1.16. The molecule has 29 heavy (non-hydrogen) atoms. The quantitative estimate of drug-likeness (QED) is 0.463. The lowest BCUT2D eigenvalue weighted by Gasteiger charge is -2.14. The highest BCUT2D eigenvalue weighted by molar-refractivity contribution is 9.10. The molecule has 2 amide bonds. The molecule has 0 N–H and O–H groups in total. The lowest BCUT2D eigenvalue weighted by atomic mass is 10.1. The van der Waals surface area contributed by atoms with Crippen LogP contribution in [0.4, 0.5) is 9.18 Å². The minimum Gasteiger partial charge on any atom is -0.493 e. The molecule has 5 nitrogen and oxygen atoms in total. The van der Waals surface area contributed by atoms with Gasteiger partial charge in [-0.3, -0.25) is 14.5 Å². The molecule has 152 valence electrons. The molecule has 2 aromatic carbocycles. The van der Waals surface area contributed by atoms with Crippen molar-refractivity contribution in [3.05, 3.63) is 61.7 Å². The number of imide groups is 1. The minimum absolute atomic E-state index is 0.0303. The number of halogens is 3. The minimum atomic E-state index is -0.484. The number of carbonyl (C=O) groups excluding carboxylic acids is 2. The third kappa shape index (κ3) is 4.76. The summed E-state index contributed by atoms with van der Waals surface area (Å²) in [5, 5.41) is -0.258. The predicted molar refractivity (Wildman–Crippen MR) is 115 cm³/mol. The van der Waals surface area contributed by atoms with E-state index in [1.807, 2.05) is 6.92 Å².